The van der Waals surface area contributed by atoms with E-state index in [0.717, 1.165) is 114 Å². The van der Waals surface area contributed by atoms with Crippen molar-refractivity contribution in [2.45, 2.75) is 408 Å². The Hall–Kier alpha value is -1.94. The van der Waals surface area contributed by atoms with Crippen LogP contribution in [0.25, 0.3) is 0 Å². The summed E-state index contributed by atoms with van der Waals surface area (Å²) in [5, 5.41) is 10.6. The zero-order chi connectivity index (χ0) is 71.0. The zero-order valence-electron chi connectivity index (χ0n) is 63.0. The Morgan fingerprint density at radius 2 is 0.500 bits per heavy atom. The van der Waals surface area contributed by atoms with Gasteiger partial charge in [0.2, 0.25) is 0 Å². The monoisotopic (exact) mass is 1410 g/mol. The summed E-state index contributed by atoms with van der Waals surface area (Å²) < 4.78 is 68.6. The highest BCUT2D eigenvalue weighted by atomic mass is 31.2. The van der Waals surface area contributed by atoms with Crippen LogP contribution in [-0.4, -0.2) is 96.7 Å². The lowest BCUT2D eigenvalue weighted by Gasteiger charge is -2.21. The third-order valence-corrected chi connectivity index (χ3v) is 20.1. The van der Waals surface area contributed by atoms with E-state index >= 15 is 0 Å². The number of rotatable bonds is 74. The first-order chi connectivity index (χ1) is 46.1. The molecular formula is C77H150O17P2. The SMILES string of the molecule is CCC(C)CCCCCCCCCCCCC(=O)OC[C@H](COP(=O)(O)OCC(O)COP(=O)(O)OC[C@@H](COC(=O)CCCCCCCCCC(C)C)OC(=O)CCCCCCCCCCCCCCCC(C)C)OC(=O)CCCCCCCCCCCCCCCC(C)C. The quantitative estimate of drug-likeness (QED) is 0.0222. The van der Waals surface area contributed by atoms with Crippen molar-refractivity contribution in [1.82, 2.24) is 0 Å². The first-order valence-corrected chi connectivity index (χ1v) is 42.7. The molecule has 0 aliphatic carbocycles. The predicted octanol–water partition coefficient (Wildman–Crippen LogP) is 22.4. The Morgan fingerprint density at radius 1 is 0.292 bits per heavy atom. The maximum absolute atomic E-state index is 13.1. The van der Waals surface area contributed by atoms with Gasteiger partial charge in [0.25, 0.3) is 0 Å². The molecule has 0 heterocycles. The van der Waals surface area contributed by atoms with E-state index in [1.807, 2.05) is 0 Å². The molecule has 0 aromatic heterocycles. The first kappa shape index (κ1) is 94.1. The Labute approximate surface area is 588 Å². The molecule has 0 radical (unpaired) electrons. The standard InChI is InChI=1S/C77H150O17P2/c1-9-70(8)56-48-40-32-24-20-21-25-33-41-49-57-74(79)87-63-72(93-76(81)59-51-43-34-26-18-14-10-12-16-22-29-37-45-53-67(2)3)65-91-95(83,84)89-61-71(78)62-90-96(85,86)92-66-73(64-88-75(80)58-50-42-36-28-31-39-47-55-69(6)7)94-77(82)60-52-44-35-27-19-15-11-13-17-23-30-38-46-54-68(4)5/h67-73,78H,9-66H2,1-8H3,(H,83,84)(H,85,86)/t70?,71?,72-,73-/m1/s1. The van der Waals surface area contributed by atoms with Crippen LogP contribution < -0.4 is 0 Å². The molecule has 0 aromatic rings. The average molecular weight is 1410 g/mol. The van der Waals surface area contributed by atoms with Gasteiger partial charge >= 0.3 is 39.5 Å². The normalized spacial score (nSPS) is 14.4. The molecule has 0 aliphatic rings. The van der Waals surface area contributed by atoms with Crippen molar-refractivity contribution in [1.29, 1.82) is 0 Å². The van der Waals surface area contributed by atoms with Crippen LogP contribution >= 0.6 is 15.6 Å². The van der Waals surface area contributed by atoms with Crippen LogP contribution in [0.1, 0.15) is 389 Å². The molecule has 0 saturated heterocycles. The molecule has 570 valence electrons. The average Bonchev–Trinajstić information content (AvgIpc) is 1.09. The highest BCUT2D eigenvalue weighted by Gasteiger charge is 2.30. The lowest BCUT2D eigenvalue weighted by Crippen LogP contribution is -2.30. The van der Waals surface area contributed by atoms with Gasteiger partial charge in [-0.05, 0) is 49.4 Å². The van der Waals surface area contributed by atoms with Gasteiger partial charge in [0.1, 0.15) is 19.3 Å². The molecule has 6 atom stereocenters. The summed E-state index contributed by atoms with van der Waals surface area (Å²) in [5.41, 5.74) is 0. The lowest BCUT2D eigenvalue weighted by atomic mass is 9.99. The molecule has 0 fully saturated rings. The van der Waals surface area contributed by atoms with Gasteiger partial charge in [-0.3, -0.25) is 37.3 Å². The molecule has 0 aliphatic heterocycles. The fraction of sp³-hybridized carbons (Fsp3) is 0.948. The van der Waals surface area contributed by atoms with E-state index < -0.39 is 97.5 Å². The molecule has 0 spiro atoms. The van der Waals surface area contributed by atoms with Crippen molar-refractivity contribution in [3.8, 4) is 0 Å². The van der Waals surface area contributed by atoms with Crippen molar-refractivity contribution < 1.29 is 80.2 Å². The second-order valence-corrected chi connectivity index (χ2v) is 32.3. The highest BCUT2D eigenvalue weighted by molar-refractivity contribution is 7.47. The molecule has 4 unspecified atom stereocenters. The molecule has 0 rings (SSSR count). The minimum absolute atomic E-state index is 0.106. The van der Waals surface area contributed by atoms with Crippen molar-refractivity contribution in [3.63, 3.8) is 0 Å². The van der Waals surface area contributed by atoms with E-state index in [4.69, 9.17) is 37.0 Å². The largest absolute Gasteiger partial charge is 0.472 e. The zero-order valence-corrected chi connectivity index (χ0v) is 64.8. The number of esters is 4. The second kappa shape index (κ2) is 66.3. The van der Waals surface area contributed by atoms with Crippen LogP contribution in [0.5, 0.6) is 0 Å². The minimum Gasteiger partial charge on any atom is -0.462 e. The number of aliphatic hydroxyl groups excluding tert-OH is 1. The number of ether oxygens (including phenoxy) is 4. The molecule has 0 aromatic carbocycles. The van der Waals surface area contributed by atoms with E-state index in [2.05, 4.69) is 55.4 Å². The summed E-state index contributed by atoms with van der Waals surface area (Å²) in [4.78, 5) is 72.9. The third kappa shape index (κ3) is 69.2. The Bertz CT molecular complexity index is 1890. The fourth-order valence-corrected chi connectivity index (χ4v) is 13.3. The van der Waals surface area contributed by atoms with Crippen molar-refractivity contribution >= 4 is 39.5 Å². The number of carbonyl (C=O) groups excluding carboxylic acids is 4. The molecule has 0 saturated carbocycles. The Balaban J connectivity index is 5.26. The van der Waals surface area contributed by atoms with Crippen molar-refractivity contribution in [2.75, 3.05) is 39.6 Å². The summed E-state index contributed by atoms with van der Waals surface area (Å²) in [7, 11) is -9.92. The number of carbonyl (C=O) groups is 4. The van der Waals surface area contributed by atoms with Crippen LogP contribution in [0.3, 0.4) is 0 Å². The van der Waals surface area contributed by atoms with E-state index in [1.165, 1.54) is 186 Å². The van der Waals surface area contributed by atoms with E-state index in [9.17, 15) is 43.2 Å². The Morgan fingerprint density at radius 3 is 0.740 bits per heavy atom. The summed E-state index contributed by atoms with van der Waals surface area (Å²) in [6, 6.07) is 0. The number of unbranched alkanes of at least 4 members (excludes halogenated alkanes) is 39. The topological polar surface area (TPSA) is 237 Å². The van der Waals surface area contributed by atoms with E-state index in [1.54, 1.807) is 0 Å². The molecular weight excluding hydrogens is 1260 g/mol. The molecule has 96 heavy (non-hydrogen) atoms. The number of hydrogen-bond donors (Lipinski definition) is 3. The van der Waals surface area contributed by atoms with Gasteiger partial charge in [0, 0.05) is 25.7 Å². The van der Waals surface area contributed by atoms with E-state index in [-0.39, 0.29) is 25.7 Å². The van der Waals surface area contributed by atoms with Crippen LogP contribution in [0.4, 0.5) is 0 Å². The fourth-order valence-electron chi connectivity index (χ4n) is 11.7. The molecule has 0 bridgehead atoms. The van der Waals surface area contributed by atoms with Gasteiger partial charge in [-0.1, -0.05) is 338 Å². The van der Waals surface area contributed by atoms with Gasteiger partial charge in [0.15, 0.2) is 12.2 Å². The summed E-state index contributed by atoms with van der Waals surface area (Å²) in [6.07, 6.45) is 51.3. The smallest absolute Gasteiger partial charge is 0.462 e. The summed E-state index contributed by atoms with van der Waals surface area (Å²) >= 11 is 0. The second-order valence-electron chi connectivity index (χ2n) is 29.4. The Kier molecular flexibility index (Phi) is 65.0. The lowest BCUT2D eigenvalue weighted by molar-refractivity contribution is -0.161. The molecule has 0 amide bonds. The third-order valence-electron chi connectivity index (χ3n) is 18.2. The summed E-state index contributed by atoms with van der Waals surface area (Å²) in [6.45, 7) is 14.2. The van der Waals surface area contributed by atoms with Crippen LogP contribution in [0, 0.1) is 23.7 Å². The summed E-state index contributed by atoms with van der Waals surface area (Å²) in [5.74, 6) is 0.968. The first-order valence-electron chi connectivity index (χ1n) is 39.7. The maximum Gasteiger partial charge on any atom is 0.472 e. The van der Waals surface area contributed by atoms with E-state index in [0.29, 0.717) is 31.6 Å². The molecule has 19 heteroatoms. The minimum atomic E-state index is -4.96. The van der Waals surface area contributed by atoms with Crippen LogP contribution in [0.15, 0.2) is 0 Å². The van der Waals surface area contributed by atoms with Crippen molar-refractivity contribution in [2.24, 2.45) is 23.7 Å². The van der Waals surface area contributed by atoms with Gasteiger partial charge in [-0.25, -0.2) is 9.13 Å². The van der Waals surface area contributed by atoms with Gasteiger partial charge < -0.3 is 33.8 Å². The van der Waals surface area contributed by atoms with Gasteiger partial charge in [0.05, 0.1) is 26.4 Å². The van der Waals surface area contributed by atoms with Crippen LogP contribution in [0.2, 0.25) is 0 Å². The molecule has 17 nitrogen and oxygen atoms in total. The van der Waals surface area contributed by atoms with Crippen molar-refractivity contribution in [3.05, 3.63) is 0 Å². The number of phosphoric acid groups is 2. The number of phosphoric ester groups is 2. The predicted molar refractivity (Wildman–Crippen MR) is 391 cm³/mol. The number of hydrogen-bond acceptors (Lipinski definition) is 15. The number of aliphatic hydroxyl groups is 1. The highest BCUT2D eigenvalue weighted by Crippen LogP contribution is 2.45. The molecule has 3 N–H and O–H groups in total. The van der Waals surface area contributed by atoms with Gasteiger partial charge in [-0.2, -0.15) is 0 Å². The van der Waals surface area contributed by atoms with Crippen LogP contribution in [-0.2, 0) is 65.4 Å². The maximum atomic E-state index is 13.1. The van der Waals surface area contributed by atoms with Gasteiger partial charge in [-0.15, -0.1) is 0 Å².